The van der Waals surface area contributed by atoms with Crippen LogP contribution in [-0.2, 0) is 0 Å². The van der Waals surface area contributed by atoms with E-state index in [1.807, 2.05) is 36.4 Å². The van der Waals surface area contributed by atoms with Crippen molar-refractivity contribution in [3.05, 3.63) is 48.3 Å². The lowest BCUT2D eigenvalue weighted by molar-refractivity contribution is 1.14. The monoisotopic (exact) mass is 247 g/mol. The summed E-state index contributed by atoms with van der Waals surface area (Å²) in [5.74, 6) is 0.593. The van der Waals surface area contributed by atoms with Crippen molar-refractivity contribution in [1.29, 1.82) is 5.26 Å². The summed E-state index contributed by atoms with van der Waals surface area (Å²) in [7, 11) is 0. The molecule has 2 N–H and O–H groups in total. The van der Waals surface area contributed by atoms with Crippen molar-refractivity contribution in [3.8, 4) is 17.6 Å². The van der Waals surface area contributed by atoms with Crippen LogP contribution in [0.25, 0.3) is 22.3 Å². The molecule has 0 radical (unpaired) electrons. The van der Waals surface area contributed by atoms with Crippen molar-refractivity contribution in [3.63, 3.8) is 0 Å². The van der Waals surface area contributed by atoms with Gasteiger partial charge in [0.25, 0.3) is 0 Å². The van der Waals surface area contributed by atoms with Crippen molar-refractivity contribution >= 4 is 16.6 Å². The van der Waals surface area contributed by atoms with Gasteiger partial charge in [0.15, 0.2) is 5.82 Å². The summed E-state index contributed by atoms with van der Waals surface area (Å²) in [6.45, 7) is 0. The molecule has 0 fully saturated rings. The third kappa shape index (κ3) is 1.85. The number of nitrogens with zero attached hydrogens (tertiary/aromatic N) is 4. The lowest BCUT2D eigenvalue weighted by Crippen LogP contribution is -2.00. The number of benzene rings is 1. The lowest BCUT2D eigenvalue weighted by atomic mass is 10.1. The van der Waals surface area contributed by atoms with E-state index in [9.17, 15) is 0 Å². The van der Waals surface area contributed by atoms with E-state index in [2.05, 4.69) is 15.0 Å². The molecule has 0 bridgehead atoms. The van der Waals surface area contributed by atoms with Gasteiger partial charge in [-0.15, -0.1) is 0 Å². The van der Waals surface area contributed by atoms with Gasteiger partial charge in [0.2, 0.25) is 0 Å². The number of nitrogens with two attached hydrogens (primary N) is 1. The fourth-order valence-electron chi connectivity index (χ4n) is 1.89. The normalized spacial score (nSPS) is 10.3. The fourth-order valence-corrected chi connectivity index (χ4v) is 1.89. The second kappa shape index (κ2) is 4.35. The molecule has 0 atom stereocenters. The van der Waals surface area contributed by atoms with Gasteiger partial charge in [0.05, 0.1) is 6.20 Å². The van der Waals surface area contributed by atoms with Crippen molar-refractivity contribution in [2.75, 3.05) is 5.73 Å². The van der Waals surface area contributed by atoms with Gasteiger partial charge < -0.3 is 5.73 Å². The number of rotatable bonds is 1. The first-order valence-electron chi connectivity index (χ1n) is 5.66. The summed E-state index contributed by atoms with van der Waals surface area (Å²) in [6.07, 6.45) is 3.12. The minimum Gasteiger partial charge on any atom is -0.382 e. The van der Waals surface area contributed by atoms with Crippen molar-refractivity contribution in [2.24, 2.45) is 0 Å². The molecule has 3 aromatic rings. The van der Waals surface area contributed by atoms with Gasteiger partial charge in [0.1, 0.15) is 23.1 Å². The maximum absolute atomic E-state index is 8.83. The van der Waals surface area contributed by atoms with Crippen LogP contribution in [0.5, 0.6) is 0 Å². The third-order valence-electron chi connectivity index (χ3n) is 2.82. The molecule has 2 heterocycles. The van der Waals surface area contributed by atoms with E-state index < -0.39 is 0 Å². The topological polar surface area (TPSA) is 88.5 Å². The molecule has 0 amide bonds. The highest BCUT2D eigenvalue weighted by molar-refractivity contribution is 5.92. The molecule has 1 aromatic carbocycles. The Bertz CT molecular complexity index is 799. The van der Waals surface area contributed by atoms with Crippen LogP contribution in [0.2, 0.25) is 0 Å². The van der Waals surface area contributed by atoms with Crippen molar-refractivity contribution in [1.82, 2.24) is 15.0 Å². The number of nitriles is 1. The Morgan fingerprint density at radius 2 is 1.95 bits per heavy atom. The summed E-state index contributed by atoms with van der Waals surface area (Å²) >= 11 is 0. The highest BCUT2D eigenvalue weighted by Gasteiger charge is 2.10. The first-order chi connectivity index (χ1) is 9.29. The number of pyridine rings is 1. The molecular formula is C14H9N5. The molecule has 0 aliphatic heterocycles. The molecule has 0 saturated carbocycles. The molecule has 5 nitrogen and oxygen atoms in total. The van der Waals surface area contributed by atoms with Gasteiger partial charge in [-0.2, -0.15) is 5.26 Å². The molecule has 0 saturated heterocycles. The Kier molecular flexibility index (Phi) is 2.54. The SMILES string of the molecule is N#Cc1cnc(-c2nccc3ccccc23)nc1N. The van der Waals surface area contributed by atoms with E-state index in [0.29, 0.717) is 11.5 Å². The van der Waals surface area contributed by atoms with Crippen LogP contribution >= 0.6 is 0 Å². The number of hydrogen-bond acceptors (Lipinski definition) is 5. The highest BCUT2D eigenvalue weighted by Crippen LogP contribution is 2.24. The summed E-state index contributed by atoms with van der Waals surface area (Å²) in [4.78, 5) is 12.6. The second-order valence-corrected chi connectivity index (χ2v) is 3.99. The Morgan fingerprint density at radius 1 is 1.11 bits per heavy atom. The van der Waals surface area contributed by atoms with Crippen molar-refractivity contribution in [2.45, 2.75) is 0 Å². The van der Waals surface area contributed by atoms with Crippen LogP contribution in [0.4, 0.5) is 5.82 Å². The number of hydrogen-bond donors (Lipinski definition) is 1. The summed E-state index contributed by atoms with van der Waals surface area (Å²) < 4.78 is 0. The standard InChI is InChI=1S/C14H9N5/c15-7-10-8-18-14(19-13(10)16)12-11-4-2-1-3-9(11)5-6-17-12/h1-6,8H,(H2,16,18,19). The number of aromatic nitrogens is 3. The van der Waals surface area contributed by atoms with Crippen LogP contribution in [0, 0.1) is 11.3 Å². The third-order valence-corrected chi connectivity index (χ3v) is 2.82. The Balaban J connectivity index is 2.25. The van der Waals surface area contributed by atoms with E-state index >= 15 is 0 Å². The van der Waals surface area contributed by atoms with E-state index in [1.165, 1.54) is 6.20 Å². The highest BCUT2D eigenvalue weighted by atomic mass is 15.0. The summed E-state index contributed by atoms with van der Waals surface area (Å²) in [5, 5.41) is 10.8. The number of nitrogen functional groups attached to an aromatic ring is 1. The first-order valence-corrected chi connectivity index (χ1v) is 5.66. The van der Waals surface area contributed by atoms with E-state index in [-0.39, 0.29) is 11.4 Å². The molecule has 0 unspecified atom stereocenters. The Labute approximate surface area is 109 Å². The molecule has 0 spiro atoms. The fraction of sp³-hybridized carbons (Fsp3) is 0. The average molecular weight is 247 g/mol. The van der Waals surface area contributed by atoms with Gasteiger partial charge in [0, 0.05) is 11.6 Å². The van der Waals surface area contributed by atoms with E-state index in [1.54, 1.807) is 6.20 Å². The molecule has 3 rings (SSSR count). The quantitative estimate of drug-likeness (QED) is 0.711. The maximum Gasteiger partial charge on any atom is 0.180 e. The Morgan fingerprint density at radius 3 is 2.74 bits per heavy atom. The van der Waals surface area contributed by atoms with E-state index in [0.717, 1.165) is 10.8 Å². The predicted octanol–water partition coefficient (Wildman–Crippen LogP) is 2.15. The lowest BCUT2D eigenvalue weighted by Gasteiger charge is -2.05. The van der Waals surface area contributed by atoms with Crippen LogP contribution in [0.3, 0.4) is 0 Å². The molecule has 0 aliphatic carbocycles. The minimum atomic E-state index is 0.169. The van der Waals surface area contributed by atoms with Gasteiger partial charge in [-0.05, 0) is 11.5 Å². The largest absolute Gasteiger partial charge is 0.382 e. The van der Waals surface area contributed by atoms with Gasteiger partial charge in [-0.25, -0.2) is 9.97 Å². The molecule has 2 aromatic heterocycles. The smallest absolute Gasteiger partial charge is 0.180 e. The second-order valence-electron chi connectivity index (χ2n) is 3.99. The predicted molar refractivity (Wildman–Crippen MR) is 71.9 cm³/mol. The van der Waals surface area contributed by atoms with Crippen LogP contribution in [0.15, 0.2) is 42.7 Å². The zero-order valence-electron chi connectivity index (χ0n) is 9.91. The molecule has 5 heteroatoms. The van der Waals surface area contributed by atoms with Crippen LogP contribution in [-0.4, -0.2) is 15.0 Å². The van der Waals surface area contributed by atoms with Gasteiger partial charge in [-0.1, -0.05) is 24.3 Å². The number of anilines is 1. The van der Waals surface area contributed by atoms with Crippen LogP contribution in [0.1, 0.15) is 5.56 Å². The minimum absolute atomic E-state index is 0.169. The molecule has 90 valence electrons. The zero-order valence-corrected chi connectivity index (χ0v) is 9.91. The Hall–Kier alpha value is -3.00. The van der Waals surface area contributed by atoms with Crippen molar-refractivity contribution < 1.29 is 0 Å². The van der Waals surface area contributed by atoms with Gasteiger partial charge in [-0.3, -0.25) is 4.98 Å². The first kappa shape index (κ1) is 11.1. The number of fused-ring (bicyclic) bond motifs is 1. The van der Waals surface area contributed by atoms with Gasteiger partial charge >= 0.3 is 0 Å². The molecule has 19 heavy (non-hydrogen) atoms. The maximum atomic E-state index is 8.83. The average Bonchev–Trinajstić information content (AvgIpc) is 2.46. The van der Waals surface area contributed by atoms with Crippen LogP contribution < -0.4 is 5.73 Å². The summed E-state index contributed by atoms with van der Waals surface area (Å²) in [6, 6.07) is 11.7. The zero-order chi connectivity index (χ0) is 13.2. The van der Waals surface area contributed by atoms with E-state index in [4.69, 9.17) is 11.0 Å². The molecule has 0 aliphatic rings. The summed E-state index contributed by atoms with van der Waals surface area (Å²) in [5.41, 5.74) is 6.64. The molecular weight excluding hydrogens is 238 g/mol.